The number of aryl methyl sites for hydroxylation is 1. The van der Waals surface area contributed by atoms with Crippen LogP contribution in [0.5, 0.6) is 0 Å². The monoisotopic (exact) mass is 250 g/mol. The molecule has 2 rings (SSSR count). The molecule has 1 N–H and O–H groups in total. The molecule has 5 heteroatoms. The van der Waals surface area contributed by atoms with Gasteiger partial charge in [0.15, 0.2) is 0 Å². The largest absolute Gasteiger partial charge is 0.331 e. The molecule has 5 nitrogen and oxygen atoms in total. The van der Waals surface area contributed by atoms with Gasteiger partial charge in [0.25, 0.3) is 0 Å². The Morgan fingerprint density at radius 1 is 1.56 bits per heavy atom. The number of amides is 2. The van der Waals surface area contributed by atoms with E-state index in [1.54, 1.807) is 10.9 Å². The Kier molecular flexibility index (Phi) is 3.59. The van der Waals surface area contributed by atoms with E-state index in [2.05, 4.69) is 17.3 Å². The predicted molar refractivity (Wildman–Crippen MR) is 70.1 cm³/mol. The molecule has 0 unspecified atom stereocenters. The van der Waals surface area contributed by atoms with Crippen molar-refractivity contribution in [2.24, 2.45) is 13.0 Å². The lowest BCUT2D eigenvalue weighted by Gasteiger charge is -2.26. The van der Waals surface area contributed by atoms with Crippen LogP contribution in [0.2, 0.25) is 0 Å². The van der Waals surface area contributed by atoms with Crippen molar-refractivity contribution in [1.82, 2.24) is 20.0 Å². The number of urea groups is 1. The summed E-state index contributed by atoms with van der Waals surface area (Å²) in [4.78, 5) is 13.9. The first-order chi connectivity index (χ1) is 8.49. The number of rotatable bonds is 4. The summed E-state index contributed by atoms with van der Waals surface area (Å²) in [5.41, 5.74) is 1.03. The van der Waals surface area contributed by atoms with Gasteiger partial charge in [-0.2, -0.15) is 5.10 Å². The fraction of sp³-hybridized carbons (Fsp3) is 0.692. The second kappa shape index (κ2) is 5.00. The maximum absolute atomic E-state index is 12.1. The first kappa shape index (κ1) is 12.9. The van der Waals surface area contributed by atoms with Crippen molar-refractivity contribution in [3.63, 3.8) is 0 Å². The van der Waals surface area contributed by atoms with E-state index < -0.39 is 0 Å². The summed E-state index contributed by atoms with van der Waals surface area (Å²) in [6, 6.07) is 0.303. The average Bonchev–Trinajstić information content (AvgIpc) is 3.09. The maximum atomic E-state index is 12.1. The maximum Gasteiger partial charge on any atom is 0.317 e. The molecule has 1 fully saturated rings. The molecule has 2 amide bonds. The minimum atomic E-state index is -0.0138. The summed E-state index contributed by atoms with van der Waals surface area (Å²) in [5, 5.41) is 7.12. The van der Waals surface area contributed by atoms with Gasteiger partial charge in [0, 0.05) is 31.9 Å². The molecule has 1 aliphatic carbocycles. The van der Waals surface area contributed by atoms with E-state index in [4.69, 9.17) is 0 Å². The van der Waals surface area contributed by atoms with Crippen molar-refractivity contribution in [2.45, 2.75) is 38.8 Å². The molecule has 0 bridgehead atoms. The van der Waals surface area contributed by atoms with Gasteiger partial charge in [-0.3, -0.25) is 4.68 Å². The number of nitrogens with zero attached hydrogens (tertiary/aromatic N) is 3. The Labute approximate surface area is 108 Å². The topological polar surface area (TPSA) is 50.2 Å². The van der Waals surface area contributed by atoms with Crippen LogP contribution in [0.25, 0.3) is 0 Å². The summed E-state index contributed by atoms with van der Waals surface area (Å²) < 4.78 is 1.74. The van der Waals surface area contributed by atoms with Crippen LogP contribution in [0, 0.1) is 5.92 Å². The van der Waals surface area contributed by atoms with Crippen molar-refractivity contribution in [3.8, 4) is 0 Å². The van der Waals surface area contributed by atoms with E-state index >= 15 is 0 Å². The van der Waals surface area contributed by atoms with Gasteiger partial charge < -0.3 is 10.2 Å². The molecule has 0 aliphatic heterocycles. The molecule has 100 valence electrons. The lowest BCUT2D eigenvalue weighted by molar-refractivity contribution is 0.185. The number of nitrogens with one attached hydrogen (secondary N) is 1. The Morgan fingerprint density at radius 2 is 2.22 bits per heavy atom. The normalized spacial score (nSPS) is 18.2. The van der Waals surface area contributed by atoms with Gasteiger partial charge in [-0.15, -0.1) is 0 Å². The van der Waals surface area contributed by atoms with E-state index in [1.165, 1.54) is 12.8 Å². The summed E-state index contributed by atoms with van der Waals surface area (Å²) in [7, 11) is 3.74. The molecular weight excluding hydrogens is 228 g/mol. The molecule has 0 spiro atoms. The molecule has 1 saturated carbocycles. The van der Waals surface area contributed by atoms with Crippen LogP contribution in [0.4, 0.5) is 4.79 Å². The molecule has 1 aromatic heterocycles. The van der Waals surface area contributed by atoms with Crippen LogP contribution in [-0.4, -0.2) is 33.8 Å². The summed E-state index contributed by atoms with van der Waals surface area (Å²) >= 11 is 0. The van der Waals surface area contributed by atoms with Gasteiger partial charge in [0.1, 0.15) is 0 Å². The second-order valence-corrected chi connectivity index (χ2v) is 5.31. The van der Waals surface area contributed by atoms with E-state index in [0.29, 0.717) is 12.0 Å². The highest BCUT2D eigenvalue weighted by atomic mass is 16.2. The highest BCUT2D eigenvalue weighted by molar-refractivity contribution is 5.74. The first-order valence-electron chi connectivity index (χ1n) is 6.51. The SMILES string of the molecule is C[C@H](NC(=O)N(C)[C@H](C)C1CC1)c1cnn(C)c1. The zero-order valence-corrected chi connectivity index (χ0v) is 11.6. The van der Waals surface area contributed by atoms with E-state index in [9.17, 15) is 4.79 Å². The van der Waals surface area contributed by atoms with Crippen LogP contribution in [0.15, 0.2) is 12.4 Å². The quantitative estimate of drug-likeness (QED) is 0.887. The van der Waals surface area contributed by atoms with Crippen molar-refractivity contribution in [1.29, 1.82) is 0 Å². The summed E-state index contributed by atoms with van der Waals surface area (Å²) in [5.74, 6) is 0.689. The first-order valence-corrected chi connectivity index (χ1v) is 6.51. The highest BCUT2D eigenvalue weighted by Crippen LogP contribution is 2.34. The number of hydrogen-bond donors (Lipinski definition) is 1. The van der Waals surface area contributed by atoms with Gasteiger partial charge in [-0.05, 0) is 32.6 Å². The van der Waals surface area contributed by atoms with E-state index in [-0.39, 0.29) is 12.1 Å². The molecule has 0 aromatic carbocycles. The van der Waals surface area contributed by atoms with Crippen LogP contribution in [0.3, 0.4) is 0 Å². The molecular formula is C13H22N4O. The van der Waals surface area contributed by atoms with E-state index in [1.807, 2.05) is 32.1 Å². The second-order valence-electron chi connectivity index (χ2n) is 5.31. The number of hydrogen-bond acceptors (Lipinski definition) is 2. The highest BCUT2D eigenvalue weighted by Gasteiger charge is 2.32. The standard InChI is InChI=1S/C13H22N4O/c1-9(12-7-14-16(3)8-12)15-13(18)17(4)10(2)11-5-6-11/h7-11H,5-6H2,1-4H3,(H,15,18)/t9-,10+/m0/s1. The van der Waals surface area contributed by atoms with Gasteiger partial charge in [-0.1, -0.05) is 0 Å². The predicted octanol–water partition coefficient (Wildman–Crippen LogP) is 1.92. The lowest BCUT2D eigenvalue weighted by Crippen LogP contribution is -2.44. The van der Waals surface area contributed by atoms with Crippen molar-refractivity contribution in [3.05, 3.63) is 18.0 Å². The van der Waals surface area contributed by atoms with Gasteiger partial charge >= 0.3 is 6.03 Å². The smallest absolute Gasteiger partial charge is 0.317 e. The molecule has 1 heterocycles. The molecule has 18 heavy (non-hydrogen) atoms. The minimum absolute atomic E-state index is 0.00856. The van der Waals surface area contributed by atoms with Gasteiger partial charge in [0.2, 0.25) is 0 Å². The molecule has 1 aromatic rings. The zero-order valence-electron chi connectivity index (χ0n) is 11.6. The van der Waals surface area contributed by atoms with Crippen LogP contribution in [-0.2, 0) is 7.05 Å². The Bertz CT molecular complexity index is 424. The zero-order chi connectivity index (χ0) is 13.3. The summed E-state index contributed by atoms with van der Waals surface area (Å²) in [6.45, 7) is 4.09. The Morgan fingerprint density at radius 3 is 2.72 bits per heavy atom. The van der Waals surface area contributed by atoms with Crippen molar-refractivity contribution >= 4 is 6.03 Å². The lowest BCUT2D eigenvalue weighted by atomic mass is 10.2. The van der Waals surface area contributed by atoms with Crippen LogP contribution in [0.1, 0.15) is 38.3 Å². The minimum Gasteiger partial charge on any atom is -0.331 e. The summed E-state index contributed by atoms with van der Waals surface area (Å²) in [6.07, 6.45) is 6.21. The third kappa shape index (κ3) is 2.83. The molecule has 1 aliphatic rings. The van der Waals surface area contributed by atoms with Crippen LogP contribution < -0.4 is 5.32 Å². The fourth-order valence-corrected chi connectivity index (χ4v) is 2.11. The van der Waals surface area contributed by atoms with E-state index in [0.717, 1.165) is 5.56 Å². The third-order valence-corrected chi connectivity index (χ3v) is 3.80. The third-order valence-electron chi connectivity index (χ3n) is 3.80. The Balaban J connectivity index is 1.90. The fourth-order valence-electron chi connectivity index (χ4n) is 2.11. The van der Waals surface area contributed by atoms with Crippen molar-refractivity contribution in [2.75, 3.05) is 7.05 Å². The number of carbonyl (C=O) groups excluding carboxylic acids is 1. The van der Waals surface area contributed by atoms with Gasteiger partial charge in [0.05, 0.1) is 12.2 Å². The Hall–Kier alpha value is -1.52. The van der Waals surface area contributed by atoms with Crippen molar-refractivity contribution < 1.29 is 4.79 Å². The number of carbonyl (C=O) groups is 1. The number of aromatic nitrogens is 2. The molecule has 0 saturated heterocycles. The average molecular weight is 250 g/mol. The van der Waals surface area contributed by atoms with Gasteiger partial charge in [-0.25, -0.2) is 4.79 Å². The molecule has 2 atom stereocenters. The van der Waals surface area contributed by atoms with Crippen LogP contribution >= 0.6 is 0 Å². The molecule has 0 radical (unpaired) electrons.